The molecule has 0 bridgehead atoms. The van der Waals surface area contributed by atoms with Crippen molar-refractivity contribution in [2.45, 2.75) is 65.2 Å². The van der Waals surface area contributed by atoms with Gasteiger partial charge >= 0.3 is 0 Å². The molecule has 5 unspecified atom stereocenters. The maximum absolute atomic E-state index is 11.7. The normalized spacial score (nSPS) is 50.4. The molecule has 0 spiro atoms. The zero-order valence-electron chi connectivity index (χ0n) is 14.0. The Bertz CT molecular complexity index is 579. The largest absolute Gasteiger partial charge is 0.295 e. The van der Waals surface area contributed by atoms with Crippen LogP contribution < -0.4 is 0 Å². The van der Waals surface area contributed by atoms with Gasteiger partial charge in [0.05, 0.1) is 0 Å². The summed E-state index contributed by atoms with van der Waals surface area (Å²) in [5, 5.41) is 0. The van der Waals surface area contributed by atoms with Crippen LogP contribution in [0.3, 0.4) is 0 Å². The lowest BCUT2D eigenvalue weighted by molar-refractivity contribution is -0.116. The summed E-state index contributed by atoms with van der Waals surface area (Å²) in [4.78, 5) is 11.7. The van der Waals surface area contributed by atoms with Crippen LogP contribution >= 0.6 is 0 Å². The van der Waals surface area contributed by atoms with E-state index in [1.54, 1.807) is 0 Å². The predicted molar refractivity (Wildman–Crippen MR) is 89.0 cm³/mol. The molecule has 4 aliphatic rings. The number of allylic oxidation sites excluding steroid dienone is 1. The fraction of sp³-hybridized carbons (Fsp3) is 0.762. The van der Waals surface area contributed by atoms with Gasteiger partial charge in [-0.1, -0.05) is 18.4 Å². The van der Waals surface area contributed by atoms with E-state index in [-0.39, 0.29) is 5.41 Å². The van der Waals surface area contributed by atoms with Gasteiger partial charge in [0.25, 0.3) is 0 Å². The van der Waals surface area contributed by atoms with Gasteiger partial charge in [-0.3, -0.25) is 4.79 Å². The molecule has 118 valence electrons. The second-order valence-electron chi connectivity index (χ2n) is 8.77. The zero-order chi connectivity index (χ0) is 15.5. The first-order valence-corrected chi connectivity index (χ1v) is 9.19. The molecular formula is C21H28O. The van der Waals surface area contributed by atoms with Crippen LogP contribution in [0.15, 0.2) is 11.6 Å². The number of carbonyl (C=O) groups is 1. The molecule has 0 saturated heterocycles. The molecular weight excluding hydrogens is 268 g/mol. The smallest absolute Gasteiger partial charge is 0.155 e. The molecule has 3 fully saturated rings. The average Bonchev–Trinajstić information content (AvgIpc) is 2.79. The van der Waals surface area contributed by atoms with Gasteiger partial charge in [0, 0.05) is 11.8 Å². The SMILES string of the molecule is C#C[C@]1(C)CCC2C3CCC4=CC(=O)CCC4C3CCC21C. The van der Waals surface area contributed by atoms with E-state index in [9.17, 15) is 4.79 Å². The molecule has 0 heterocycles. The molecule has 0 radical (unpaired) electrons. The van der Waals surface area contributed by atoms with Crippen molar-refractivity contribution in [3.05, 3.63) is 11.6 Å². The van der Waals surface area contributed by atoms with Crippen molar-refractivity contribution in [3.8, 4) is 12.3 Å². The molecule has 0 aromatic rings. The number of hydrogen-bond acceptors (Lipinski definition) is 1. The van der Waals surface area contributed by atoms with Gasteiger partial charge in [-0.05, 0) is 87.0 Å². The third kappa shape index (κ3) is 1.76. The highest BCUT2D eigenvalue weighted by Crippen LogP contribution is 2.67. The minimum Gasteiger partial charge on any atom is -0.295 e. The van der Waals surface area contributed by atoms with E-state index >= 15 is 0 Å². The molecule has 1 heteroatoms. The Morgan fingerprint density at radius 2 is 1.91 bits per heavy atom. The highest BCUT2D eigenvalue weighted by atomic mass is 16.1. The summed E-state index contributed by atoms with van der Waals surface area (Å²) in [7, 11) is 0. The first-order chi connectivity index (χ1) is 10.5. The molecule has 22 heavy (non-hydrogen) atoms. The topological polar surface area (TPSA) is 17.1 Å². The maximum atomic E-state index is 11.7. The Hall–Kier alpha value is -1.03. The molecule has 4 aliphatic carbocycles. The molecule has 6 atom stereocenters. The van der Waals surface area contributed by atoms with Crippen LogP contribution in [0.25, 0.3) is 0 Å². The Morgan fingerprint density at radius 3 is 2.68 bits per heavy atom. The number of fused-ring (bicyclic) bond motifs is 5. The van der Waals surface area contributed by atoms with E-state index in [1.165, 1.54) is 37.7 Å². The number of rotatable bonds is 0. The Labute approximate surface area is 134 Å². The van der Waals surface area contributed by atoms with Crippen molar-refractivity contribution in [2.24, 2.45) is 34.5 Å². The highest BCUT2D eigenvalue weighted by Gasteiger charge is 2.60. The third-order valence-corrected chi connectivity index (χ3v) is 8.22. The molecule has 0 aromatic heterocycles. The Morgan fingerprint density at radius 1 is 1.09 bits per heavy atom. The van der Waals surface area contributed by atoms with Crippen molar-refractivity contribution in [2.75, 3.05) is 0 Å². The monoisotopic (exact) mass is 296 g/mol. The Balaban J connectivity index is 1.65. The fourth-order valence-electron chi connectivity index (χ4n) is 6.69. The lowest BCUT2D eigenvalue weighted by Gasteiger charge is -2.55. The van der Waals surface area contributed by atoms with Gasteiger partial charge in [-0.2, -0.15) is 0 Å². The lowest BCUT2D eigenvalue weighted by atomic mass is 9.49. The second-order valence-corrected chi connectivity index (χ2v) is 8.77. The lowest BCUT2D eigenvalue weighted by Crippen LogP contribution is -2.48. The van der Waals surface area contributed by atoms with Crippen LogP contribution in [0, 0.1) is 46.8 Å². The van der Waals surface area contributed by atoms with Crippen molar-refractivity contribution in [1.82, 2.24) is 0 Å². The summed E-state index contributed by atoms with van der Waals surface area (Å²) >= 11 is 0. The summed E-state index contributed by atoms with van der Waals surface area (Å²) in [6, 6.07) is 0. The standard InChI is InChI=1S/C21H28O/c1-4-20(2)11-10-19-18-7-5-14-13-15(22)6-8-16(14)17(18)9-12-21(19,20)3/h1,13,16-19H,5-12H2,2-3H3/t16?,17?,18?,19?,20-,21?/m1/s1. The van der Waals surface area contributed by atoms with E-state index in [4.69, 9.17) is 6.42 Å². The van der Waals surface area contributed by atoms with Crippen molar-refractivity contribution < 1.29 is 4.79 Å². The maximum Gasteiger partial charge on any atom is 0.155 e. The molecule has 0 aromatic carbocycles. The van der Waals surface area contributed by atoms with E-state index in [0.29, 0.717) is 17.1 Å². The molecule has 3 saturated carbocycles. The third-order valence-electron chi connectivity index (χ3n) is 8.22. The van der Waals surface area contributed by atoms with E-state index < -0.39 is 0 Å². The zero-order valence-corrected chi connectivity index (χ0v) is 14.0. The summed E-state index contributed by atoms with van der Waals surface area (Å²) in [6.45, 7) is 4.82. The van der Waals surface area contributed by atoms with Gasteiger partial charge in [0.15, 0.2) is 5.78 Å². The number of carbonyl (C=O) groups excluding carboxylic acids is 1. The summed E-state index contributed by atoms with van der Waals surface area (Å²) in [5.74, 6) is 6.74. The predicted octanol–water partition coefficient (Wildman–Crippen LogP) is 4.77. The average molecular weight is 296 g/mol. The minimum absolute atomic E-state index is 0.0985. The van der Waals surface area contributed by atoms with Gasteiger partial charge in [-0.25, -0.2) is 0 Å². The quantitative estimate of drug-likeness (QED) is 0.589. The number of terminal acetylenes is 1. The van der Waals surface area contributed by atoms with E-state index in [2.05, 4.69) is 19.8 Å². The summed E-state index contributed by atoms with van der Waals surface area (Å²) in [5.41, 5.74) is 1.93. The van der Waals surface area contributed by atoms with Gasteiger partial charge in [0.2, 0.25) is 0 Å². The van der Waals surface area contributed by atoms with Crippen LogP contribution in [-0.4, -0.2) is 5.78 Å². The molecule has 0 aliphatic heterocycles. The van der Waals surface area contributed by atoms with Crippen molar-refractivity contribution >= 4 is 5.78 Å². The van der Waals surface area contributed by atoms with Gasteiger partial charge in [0.1, 0.15) is 0 Å². The first-order valence-electron chi connectivity index (χ1n) is 9.19. The summed E-state index contributed by atoms with van der Waals surface area (Å²) in [6.07, 6.45) is 17.4. The number of ketones is 1. The van der Waals surface area contributed by atoms with Crippen molar-refractivity contribution in [3.63, 3.8) is 0 Å². The first kappa shape index (κ1) is 14.6. The fourth-order valence-corrected chi connectivity index (χ4v) is 6.69. The second kappa shape index (κ2) is 4.73. The van der Waals surface area contributed by atoms with E-state index in [0.717, 1.165) is 37.0 Å². The molecule has 1 nitrogen and oxygen atoms in total. The molecule has 0 amide bonds. The summed E-state index contributed by atoms with van der Waals surface area (Å²) < 4.78 is 0. The minimum atomic E-state index is 0.0985. The number of hydrogen-bond donors (Lipinski definition) is 0. The Kier molecular flexibility index (Phi) is 3.13. The van der Waals surface area contributed by atoms with Crippen LogP contribution in [0.2, 0.25) is 0 Å². The van der Waals surface area contributed by atoms with E-state index in [1.807, 2.05) is 6.08 Å². The highest BCUT2D eigenvalue weighted by molar-refractivity contribution is 5.91. The molecule has 4 rings (SSSR count). The van der Waals surface area contributed by atoms with Crippen LogP contribution in [0.5, 0.6) is 0 Å². The van der Waals surface area contributed by atoms with Gasteiger partial charge in [-0.15, -0.1) is 6.42 Å². The van der Waals surface area contributed by atoms with Crippen molar-refractivity contribution in [1.29, 1.82) is 0 Å². The van der Waals surface area contributed by atoms with Crippen LogP contribution in [0.1, 0.15) is 65.2 Å². The molecule has 0 N–H and O–H groups in total. The van der Waals surface area contributed by atoms with Crippen LogP contribution in [-0.2, 0) is 4.79 Å². The van der Waals surface area contributed by atoms with Gasteiger partial charge < -0.3 is 0 Å². The van der Waals surface area contributed by atoms with Crippen LogP contribution in [0.4, 0.5) is 0 Å².